The zero-order valence-electron chi connectivity index (χ0n) is 41.8. The minimum Gasteiger partial charge on any atom is -0.462 e. The summed E-state index contributed by atoms with van der Waals surface area (Å²) in [5.74, 6) is 0.763. The number of unbranched alkanes of at least 4 members (excludes halogenated alkanes) is 34. The quantitative estimate of drug-likeness (QED) is 0.0344. The Kier molecular flexibility index (Phi) is 46.6. The zero-order chi connectivity index (χ0) is 44.7. The predicted octanol–water partition coefficient (Wildman–Crippen LogP) is 17.7. The number of rotatable bonds is 49. The van der Waals surface area contributed by atoms with E-state index in [9.17, 15) is 14.4 Å². The monoisotopic (exact) mass is 863 g/mol. The summed E-state index contributed by atoms with van der Waals surface area (Å²) in [6.07, 6.45) is 49.6. The van der Waals surface area contributed by atoms with E-state index in [0.717, 1.165) is 69.6 Å². The van der Waals surface area contributed by atoms with Crippen LogP contribution in [0.2, 0.25) is 0 Å². The van der Waals surface area contributed by atoms with Gasteiger partial charge in [0.2, 0.25) is 0 Å². The summed E-state index contributed by atoms with van der Waals surface area (Å²) in [6, 6.07) is 0. The van der Waals surface area contributed by atoms with Crippen molar-refractivity contribution in [1.29, 1.82) is 0 Å². The van der Waals surface area contributed by atoms with E-state index >= 15 is 0 Å². The van der Waals surface area contributed by atoms with Gasteiger partial charge in [-0.3, -0.25) is 14.4 Å². The average Bonchev–Trinajstić information content (AvgIpc) is 3.23. The number of hydrogen-bond acceptors (Lipinski definition) is 6. The van der Waals surface area contributed by atoms with Gasteiger partial charge in [-0.15, -0.1) is 0 Å². The van der Waals surface area contributed by atoms with Crippen LogP contribution in [0.3, 0.4) is 0 Å². The lowest BCUT2D eigenvalue weighted by atomic mass is 10.0. The fourth-order valence-corrected chi connectivity index (χ4v) is 8.34. The Morgan fingerprint density at radius 1 is 0.311 bits per heavy atom. The molecule has 0 amide bonds. The second-order valence-corrected chi connectivity index (χ2v) is 19.8. The third kappa shape index (κ3) is 49.3. The summed E-state index contributed by atoms with van der Waals surface area (Å²) in [7, 11) is 0. The summed E-state index contributed by atoms with van der Waals surface area (Å²) >= 11 is 0. The second-order valence-electron chi connectivity index (χ2n) is 19.8. The molecule has 6 heteroatoms. The van der Waals surface area contributed by atoms with Crippen LogP contribution in [0.5, 0.6) is 0 Å². The maximum absolute atomic E-state index is 12.8. The van der Waals surface area contributed by atoms with Crippen LogP contribution in [0.15, 0.2) is 0 Å². The van der Waals surface area contributed by atoms with E-state index in [1.54, 1.807) is 0 Å². The SMILES string of the molecule is CCCCCCCCCCCCCCCCCCC(=O)O[C@@H](COC(=O)CCCCCCCCCCCCCCCCCC(C)C)COC(=O)CCCCCCCCC(C)C. The van der Waals surface area contributed by atoms with E-state index in [1.165, 1.54) is 193 Å². The van der Waals surface area contributed by atoms with Crippen molar-refractivity contribution in [3.8, 4) is 0 Å². The van der Waals surface area contributed by atoms with Gasteiger partial charge in [0, 0.05) is 19.3 Å². The van der Waals surface area contributed by atoms with Gasteiger partial charge in [-0.25, -0.2) is 0 Å². The van der Waals surface area contributed by atoms with Gasteiger partial charge in [-0.05, 0) is 31.1 Å². The number of carbonyl (C=O) groups excluding carboxylic acids is 3. The van der Waals surface area contributed by atoms with Gasteiger partial charge in [0.25, 0.3) is 0 Å². The summed E-state index contributed by atoms with van der Waals surface area (Å²) < 4.78 is 16.8. The van der Waals surface area contributed by atoms with Crippen molar-refractivity contribution in [2.75, 3.05) is 13.2 Å². The van der Waals surface area contributed by atoms with Crippen molar-refractivity contribution in [2.24, 2.45) is 11.8 Å². The number of carbonyl (C=O) groups is 3. The first kappa shape index (κ1) is 59.4. The Hall–Kier alpha value is -1.59. The first-order valence-electron chi connectivity index (χ1n) is 27.2. The molecule has 1 atom stereocenters. The molecule has 0 N–H and O–H groups in total. The van der Waals surface area contributed by atoms with Crippen molar-refractivity contribution >= 4 is 17.9 Å². The highest BCUT2D eigenvalue weighted by Gasteiger charge is 2.19. The molecule has 0 aliphatic carbocycles. The van der Waals surface area contributed by atoms with Gasteiger partial charge in [-0.2, -0.15) is 0 Å². The Bertz CT molecular complexity index is 931. The van der Waals surface area contributed by atoms with E-state index in [2.05, 4.69) is 34.6 Å². The molecular formula is C55H106O6. The molecule has 61 heavy (non-hydrogen) atoms. The van der Waals surface area contributed by atoms with Crippen LogP contribution in [-0.4, -0.2) is 37.2 Å². The zero-order valence-corrected chi connectivity index (χ0v) is 41.8. The van der Waals surface area contributed by atoms with Gasteiger partial charge in [0.15, 0.2) is 6.10 Å². The van der Waals surface area contributed by atoms with E-state index in [-0.39, 0.29) is 31.1 Å². The first-order valence-corrected chi connectivity index (χ1v) is 27.2. The highest BCUT2D eigenvalue weighted by molar-refractivity contribution is 5.71. The molecule has 0 bridgehead atoms. The van der Waals surface area contributed by atoms with Crippen LogP contribution in [0.4, 0.5) is 0 Å². The third-order valence-electron chi connectivity index (χ3n) is 12.5. The maximum atomic E-state index is 12.8. The standard InChI is InChI=1S/C55H106O6/c1-6-7-8-9-10-11-12-13-14-17-21-24-27-30-37-42-47-55(58)61-52(49-60-54(57)46-41-36-32-31-34-39-44-51(4)5)48-59-53(56)45-40-35-29-26-23-20-18-15-16-19-22-25-28-33-38-43-50(2)3/h50-52H,6-49H2,1-5H3/t52-/m0/s1. The summed E-state index contributed by atoms with van der Waals surface area (Å²) in [5.41, 5.74) is 0. The molecule has 0 radical (unpaired) electrons. The smallest absolute Gasteiger partial charge is 0.306 e. The van der Waals surface area contributed by atoms with E-state index in [0.29, 0.717) is 19.3 Å². The largest absolute Gasteiger partial charge is 0.462 e. The number of ether oxygens (including phenoxy) is 3. The minimum atomic E-state index is -0.762. The van der Waals surface area contributed by atoms with Gasteiger partial charge < -0.3 is 14.2 Å². The molecule has 0 saturated heterocycles. The molecule has 0 aliphatic heterocycles. The molecule has 0 heterocycles. The van der Waals surface area contributed by atoms with Crippen molar-refractivity contribution < 1.29 is 28.6 Å². The Morgan fingerprint density at radius 3 is 0.803 bits per heavy atom. The molecule has 0 aliphatic rings. The van der Waals surface area contributed by atoms with Gasteiger partial charge in [-0.1, -0.05) is 266 Å². The fraction of sp³-hybridized carbons (Fsp3) is 0.945. The lowest BCUT2D eigenvalue weighted by molar-refractivity contribution is -0.167. The van der Waals surface area contributed by atoms with Crippen LogP contribution >= 0.6 is 0 Å². The average molecular weight is 863 g/mol. The first-order chi connectivity index (χ1) is 29.7. The van der Waals surface area contributed by atoms with Crippen molar-refractivity contribution in [3.63, 3.8) is 0 Å². The Morgan fingerprint density at radius 2 is 0.541 bits per heavy atom. The maximum Gasteiger partial charge on any atom is 0.306 e. The lowest BCUT2D eigenvalue weighted by Crippen LogP contribution is -2.30. The van der Waals surface area contributed by atoms with E-state index < -0.39 is 6.10 Å². The van der Waals surface area contributed by atoms with Crippen molar-refractivity contribution in [2.45, 2.75) is 310 Å². The van der Waals surface area contributed by atoms with Crippen LogP contribution in [-0.2, 0) is 28.6 Å². The number of hydrogen-bond donors (Lipinski definition) is 0. The summed E-state index contributed by atoms with van der Waals surface area (Å²) in [6.45, 7) is 11.3. The molecule has 362 valence electrons. The highest BCUT2D eigenvalue weighted by Crippen LogP contribution is 2.18. The predicted molar refractivity (Wildman–Crippen MR) is 261 cm³/mol. The molecule has 0 aromatic heterocycles. The molecular weight excluding hydrogens is 757 g/mol. The second kappa shape index (κ2) is 47.9. The molecule has 0 aromatic carbocycles. The molecule has 0 unspecified atom stereocenters. The van der Waals surface area contributed by atoms with Crippen LogP contribution in [0, 0.1) is 11.8 Å². The van der Waals surface area contributed by atoms with Crippen molar-refractivity contribution in [1.82, 2.24) is 0 Å². The summed E-state index contributed by atoms with van der Waals surface area (Å²) in [5, 5.41) is 0. The number of esters is 3. The summed E-state index contributed by atoms with van der Waals surface area (Å²) in [4.78, 5) is 37.9. The van der Waals surface area contributed by atoms with Crippen molar-refractivity contribution in [3.05, 3.63) is 0 Å². The Labute approximate surface area is 380 Å². The van der Waals surface area contributed by atoms with Crippen LogP contribution < -0.4 is 0 Å². The molecule has 0 saturated carbocycles. The minimum absolute atomic E-state index is 0.0640. The van der Waals surface area contributed by atoms with Gasteiger partial charge in [0.05, 0.1) is 0 Å². The third-order valence-corrected chi connectivity index (χ3v) is 12.5. The van der Waals surface area contributed by atoms with E-state index in [1.807, 2.05) is 0 Å². The molecule has 0 fully saturated rings. The Balaban J connectivity index is 4.23. The normalized spacial score (nSPS) is 12.0. The molecule has 0 spiro atoms. The van der Waals surface area contributed by atoms with E-state index in [4.69, 9.17) is 14.2 Å². The topological polar surface area (TPSA) is 78.9 Å². The molecule has 0 rings (SSSR count). The van der Waals surface area contributed by atoms with Crippen LogP contribution in [0.1, 0.15) is 304 Å². The highest BCUT2D eigenvalue weighted by atomic mass is 16.6. The van der Waals surface area contributed by atoms with Gasteiger partial charge in [0.1, 0.15) is 13.2 Å². The fourth-order valence-electron chi connectivity index (χ4n) is 8.34. The van der Waals surface area contributed by atoms with Gasteiger partial charge >= 0.3 is 17.9 Å². The molecule has 6 nitrogen and oxygen atoms in total. The van der Waals surface area contributed by atoms with Crippen LogP contribution in [0.25, 0.3) is 0 Å². The molecule has 0 aromatic rings. The lowest BCUT2D eigenvalue weighted by Gasteiger charge is -2.18.